The predicted molar refractivity (Wildman–Crippen MR) is 90.7 cm³/mol. The van der Waals surface area contributed by atoms with Gasteiger partial charge in [-0.15, -0.1) is 0 Å². The van der Waals surface area contributed by atoms with E-state index in [1.807, 2.05) is 24.3 Å². The van der Waals surface area contributed by atoms with E-state index in [1.54, 1.807) is 24.0 Å². The van der Waals surface area contributed by atoms with Crippen molar-refractivity contribution in [2.24, 2.45) is 0 Å². The lowest BCUT2D eigenvalue weighted by molar-refractivity contribution is -0.117. The molecule has 24 heavy (non-hydrogen) atoms. The third-order valence-electron chi connectivity index (χ3n) is 4.02. The molecule has 3 amide bonds. The topological polar surface area (TPSA) is 61.4 Å². The zero-order chi connectivity index (χ0) is 17.1. The van der Waals surface area contributed by atoms with Gasteiger partial charge in [0.2, 0.25) is 5.91 Å². The monoisotopic (exact) mass is 327 g/mol. The molecule has 2 N–H and O–H groups in total. The van der Waals surface area contributed by atoms with Crippen molar-refractivity contribution in [1.82, 2.24) is 5.32 Å². The van der Waals surface area contributed by atoms with Crippen molar-refractivity contribution in [1.29, 1.82) is 0 Å². The maximum Gasteiger partial charge on any atom is 0.319 e. The first-order chi connectivity index (χ1) is 11.5. The third-order valence-corrected chi connectivity index (χ3v) is 4.02. The number of anilines is 2. The summed E-state index contributed by atoms with van der Waals surface area (Å²) in [6.07, 6.45) is 0.816. The minimum Gasteiger partial charge on any atom is -0.329 e. The van der Waals surface area contributed by atoms with E-state index in [2.05, 4.69) is 10.6 Å². The highest BCUT2D eigenvalue weighted by molar-refractivity contribution is 5.99. The molecule has 0 aromatic heterocycles. The van der Waals surface area contributed by atoms with Crippen molar-refractivity contribution in [3.63, 3.8) is 0 Å². The zero-order valence-electron chi connectivity index (χ0n) is 13.3. The molecule has 2 aromatic rings. The van der Waals surface area contributed by atoms with Crippen LogP contribution in [0.1, 0.15) is 11.1 Å². The van der Waals surface area contributed by atoms with Crippen LogP contribution in [-0.2, 0) is 11.2 Å². The first kappa shape index (κ1) is 16.0. The Balaban J connectivity index is 1.55. The summed E-state index contributed by atoms with van der Waals surface area (Å²) in [5.74, 6) is -0.567. The molecule has 0 fully saturated rings. The second kappa shape index (κ2) is 6.70. The van der Waals surface area contributed by atoms with Crippen LogP contribution in [0.25, 0.3) is 0 Å². The highest BCUT2D eigenvalue weighted by Crippen LogP contribution is 2.27. The standard InChI is InChI=1S/C18H18FN3O2/c1-12-6-7-14(10-15(12)19)21-18(24)20-11-17(23)22-9-8-13-4-2-3-5-16(13)22/h2-7,10H,8-9,11H2,1H3,(H2,20,21,24). The lowest BCUT2D eigenvalue weighted by Crippen LogP contribution is -2.41. The van der Waals surface area contributed by atoms with E-state index in [0.29, 0.717) is 17.8 Å². The highest BCUT2D eigenvalue weighted by Gasteiger charge is 2.24. The molecule has 0 unspecified atom stereocenters. The lowest BCUT2D eigenvalue weighted by atomic mass is 10.2. The van der Waals surface area contributed by atoms with Gasteiger partial charge >= 0.3 is 6.03 Å². The largest absolute Gasteiger partial charge is 0.329 e. The molecule has 1 aliphatic rings. The molecule has 5 nitrogen and oxygen atoms in total. The summed E-state index contributed by atoms with van der Waals surface area (Å²) in [7, 11) is 0. The SMILES string of the molecule is Cc1ccc(NC(=O)NCC(=O)N2CCc3ccccc32)cc1F. The quantitative estimate of drug-likeness (QED) is 0.910. The van der Waals surface area contributed by atoms with Gasteiger partial charge in [0.25, 0.3) is 0 Å². The fourth-order valence-corrected chi connectivity index (χ4v) is 2.69. The molecule has 0 spiro atoms. The number of hydrogen-bond donors (Lipinski definition) is 2. The smallest absolute Gasteiger partial charge is 0.319 e. The van der Waals surface area contributed by atoms with Crippen LogP contribution in [0.4, 0.5) is 20.6 Å². The summed E-state index contributed by atoms with van der Waals surface area (Å²) in [5, 5.41) is 5.02. The number of fused-ring (bicyclic) bond motifs is 1. The molecule has 0 bridgehead atoms. The number of aryl methyl sites for hydroxylation is 1. The maximum absolute atomic E-state index is 13.5. The Hall–Kier alpha value is -2.89. The van der Waals surface area contributed by atoms with Gasteiger partial charge in [0, 0.05) is 17.9 Å². The van der Waals surface area contributed by atoms with Crippen LogP contribution in [0.2, 0.25) is 0 Å². The van der Waals surface area contributed by atoms with Gasteiger partial charge in [0.05, 0.1) is 6.54 Å². The fourth-order valence-electron chi connectivity index (χ4n) is 2.69. The van der Waals surface area contributed by atoms with Crippen LogP contribution in [0, 0.1) is 12.7 Å². The molecular formula is C18H18FN3O2. The summed E-state index contributed by atoms with van der Waals surface area (Å²) >= 11 is 0. The Bertz CT molecular complexity index is 792. The van der Waals surface area contributed by atoms with Gasteiger partial charge in [-0.25, -0.2) is 9.18 Å². The number of urea groups is 1. The fraction of sp³-hybridized carbons (Fsp3) is 0.222. The van der Waals surface area contributed by atoms with E-state index in [-0.39, 0.29) is 12.5 Å². The van der Waals surface area contributed by atoms with Crippen molar-refractivity contribution in [3.05, 3.63) is 59.4 Å². The number of benzene rings is 2. The zero-order valence-corrected chi connectivity index (χ0v) is 13.3. The van der Waals surface area contributed by atoms with Crippen LogP contribution < -0.4 is 15.5 Å². The van der Waals surface area contributed by atoms with Crippen LogP contribution in [0.3, 0.4) is 0 Å². The van der Waals surface area contributed by atoms with E-state index < -0.39 is 11.8 Å². The Morgan fingerprint density at radius 3 is 2.79 bits per heavy atom. The molecule has 0 atom stereocenters. The average molecular weight is 327 g/mol. The molecule has 2 aromatic carbocycles. The minimum absolute atomic E-state index is 0.117. The number of halogens is 1. The number of amides is 3. The Labute approximate surface area is 139 Å². The van der Waals surface area contributed by atoms with E-state index >= 15 is 0 Å². The molecule has 0 saturated carbocycles. The normalized spacial score (nSPS) is 12.7. The van der Waals surface area contributed by atoms with E-state index in [1.165, 1.54) is 6.07 Å². The molecule has 0 saturated heterocycles. The summed E-state index contributed by atoms with van der Waals surface area (Å²) in [6.45, 7) is 2.14. The Morgan fingerprint density at radius 2 is 2.00 bits per heavy atom. The molecule has 0 radical (unpaired) electrons. The van der Waals surface area contributed by atoms with Gasteiger partial charge < -0.3 is 15.5 Å². The molecule has 0 aliphatic carbocycles. The second-order valence-corrected chi connectivity index (χ2v) is 5.70. The number of nitrogens with zero attached hydrogens (tertiary/aromatic N) is 1. The van der Waals surface area contributed by atoms with E-state index in [4.69, 9.17) is 0 Å². The highest BCUT2D eigenvalue weighted by atomic mass is 19.1. The minimum atomic E-state index is -0.543. The number of hydrogen-bond acceptors (Lipinski definition) is 2. The number of para-hydroxylation sites is 1. The number of carbonyl (C=O) groups is 2. The number of nitrogens with one attached hydrogen (secondary N) is 2. The van der Waals surface area contributed by atoms with Crippen molar-refractivity contribution < 1.29 is 14.0 Å². The summed E-state index contributed by atoms with van der Waals surface area (Å²) in [6, 6.07) is 11.6. The van der Waals surface area contributed by atoms with Crippen molar-refractivity contribution >= 4 is 23.3 Å². The van der Waals surface area contributed by atoms with Gasteiger partial charge in [-0.3, -0.25) is 4.79 Å². The second-order valence-electron chi connectivity index (χ2n) is 5.70. The lowest BCUT2D eigenvalue weighted by Gasteiger charge is -2.17. The Kier molecular flexibility index (Phi) is 4.46. The molecule has 1 heterocycles. The first-order valence-corrected chi connectivity index (χ1v) is 7.74. The predicted octanol–water partition coefficient (Wildman–Crippen LogP) is 2.84. The summed E-state index contributed by atoms with van der Waals surface area (Å²) < 4.78 is 13.5. The molecule has 1 aliphatic heterocycles. The van der Waals surface area contributed by atoms with Crippen LogP contribution >= 0.6 is 0 Å². The van der Waals surface area contributed by atoms with E-state index in [9.17, 15) is 14.0 Å². The molecule has 3 rings (SSSR count). The molecular weight excluding hydrogens is 309 g/mol. The maximum atomic E-state index is 13.5. The number of carbonyl (C=O) groups excluding carboxylic acids is 2. The van der Waals surface area contributed by atoms with Gasteiger partial charge in [-0.1, -0.05) is 24.3 Å². The first-order valence-electron chi connectivity index (χ1n) is 7.74. The van der Waals surface area contributed by atoms with Crippen LogP contribution in [0.15, 0.2) is 42.5 Å². The average Bonchev–Trinajstić information content (AvgIpc) is 3.00. The third kappa shape index (κ3) is 3.37. The van der Waals surface area contributed by atoms with Crippen molar-refractivity contribution in [2.75, 3.05) is 23.3 Å². The van der Waals surface area contributed by atoms with Crippen LogP contribution in [-0.4, -0.2) is 25.0 Å². The van der Waals surface area contributed by atoms with Crippen molar-refractivity contribution in [3.8, 4) is 0 Å². The summed E-state index contributed by atoms with van der Waals surface area (Å²) in [4.78, 5) is 25.8. The molecule has 6 heteroatoms. The summed E-state index contributed by atoms with van der Waals surface area (Å²) in [5.41, 5.74) is 2.87. The van der Waals surface area contributed by atoms with Gasteiger partial charge in [0.15, 0.2) is 0 Å². The Morgan fingerprint density at radius 1 is 1.21 bits per heavy atom. The van der Waals surface area contributed by atoms with Crippen molar-refractivity contribution in [2.45, 2.75) is 13.3 Å². The number of rotatable bonds is 3. The van der Waals surface area contributed by atoms with Gasteiger partial charge in [-0.2, -0.15) is 0 Å². The van der Waals surface area contributed by atoms with Crippen LogP contribution in [0.5, 0.6) is 0 Å². The van der Waals surface area contributed by atoms with Gasteiger partial charge in [-0.05, 0) is 42.7 Å². The van der Waals surface area contributed by atoms with E-state index in [0.717, 1.165) is 17.7 Å². The van der Waals surface area contributed by atoms with Gasteiger partial charge in [0.1, 0.15) is 5.82 Å². The molecule has 124 valence electrons.